The Morgan fingerprint density at radius 1 is 1.24 bits per heavy atom. The molecule has 0 unspecified atom stereocenters. The highest BCUT2D eigenvalue weighted by Gasteiger charge is 2.45. The fraction of sp³-hybridized carbons (Fsp3) is 0.429. The Hall–Kier alpha value is -1.95. The monoisotopic (exact) mass is 311 g/mol. The molecule has 21 heavy (non-hydrogen) atoms. The zero-order valence-electron chi connectivity index (χ0n) is 11.1. The van der Waals surface area contributed by atoms with E-state index < -0.39 is 17.4 Å². The summed E-state index contributed by atoms with van der Waals surface area (Å²) in [4.78, 5) is 23.6. The first-order chi connectivity index (χ1) is 10.0. The number of halogens is 1. The lowest BCUT2D eigenvalue weighted by Crippen LogP contribution is -2.59. The zero-order valence-corrected chi connectivity index (χ0v) is 11.9. The van der Waals surface area contributed by atoms with Crippen molar-refractivity contribution in [2.45, 2.75) is 24.8 Å². The molecule has 1 aromatic rings. The van der Waals surface area contributed by atoms with Gasteiger partial charge in [0.1, 0.15) is 18.8 Å². The van der Waals surface area contributed by atoms with E-state index >= 15 is 0 Å². The Balaban J connectivity index is 1.85. The lowest BCUT2D eigenvalue weighted by Gasteiger charge is -2.38. The van der Waals surface area contributed by atoms with Crippen molar-refractivity contribution in [1.29, 1.82) is 0 Å². The van der Waals surface area contributed by atoms with Gasteiger partial charge in [-0.05, 0) is 31.4 Å². The molecule has 2 aliphatic rings. The number of carbonyl (C=O) groups is 2. The van der Waals surface area contributed by atoms with E-state index in [1.54, 1.807) is 0 Å². The minimum atomic E-state index is -1.16. The number of fused-ring (bicyclic) bond motifs is 1. The van der Waals surface area contributed by atoms with E-state index in [2.05, 4.69) is 5.32 Å². The van der Waals surface area contributed by atoms with Crippen molar-refractivity contribution >= 4 is 23.5 Å². The molecular weight excluding hydrogens is 298 g/mol. The van der Waals surface area contributed by atoms with E-state index in [9.17, 15) is 14.7 Å². The molecule has 112 valence electrons. The summed E-state index contributed by atoms with van der Waals surface area (Å²) >= 11 is 6.07. The first-order valence-corrected chi connectivity index (χ1v) is 7.05. The molecule has 3 rings (SSSR count). The van der Waals surface area contributed by atoms with Gasteiger partial charge in [0.15, 0.2) is 11.5 Å². The summed E-state index contributed by atoms with van der Waals surface area (Å²) in [5, 5.41) is 12.1. The van der Waals surface area contributed by atoms with Gasteiger partial charge in [0.2, 0.25) is 0 Å². The van der Waals surface area contributed by atoms with Gasteiger partial charge in [-0.15, -0.1) is 0 Å². The molecule has 0 saturated heterocycles. The van der Waals surface area contributed by atoms with Crippen LogP contribution < -0.4 is 14.8 Å². The van der Waals surface area contributed by atoms with Crippen LogP contribution in [0.5, 0.6) is 11.5 Å². The quantitative estimate of drug-likeness (QED) is 0.890. The Labute approximate surface area is 126 Å². The summed E-state index contributed by atoms with van der Waals surface area (Å²) in [5.74, 6) is -0.672. The van der Waals surface area contributed by atoms with Gasteiger partial charge in [-0.2, -0.15) is 0 Å². The minimum Gasteiger partial charge on any atom is -0.486 e. The lowest BCUT2D eigenvalue weighted by molar-refractivity contribution is -0.148. The number of aliphatic carboxylic acids is 1. The Morgan fingerprint density at radius 2 is 1.95 bits per heavy atom. The van der Waals surface area contributed by atoms with E-state index in [4.69, 9.17) is 21.1 Å². The van der Waals surface area contributed by atoms with Gasteiger partial charge in [-0.3, -0.25) is 4.79 Å². The van der Waals surface area contributed by atoms with Crippen LogP contribution in [0.25, 0.3) is 0 Å². The van der Waals surface area contributed by atoms with Crippen LogP contribution in [0.15, 0.2) is 12.1 Å². The highest BCUT2D eigenvalue weighted by Crippen LogP contribution is 2.39. The topological polar surface area (TPSA) is 84.9 Å². The van der Waals surface area contributed by atoms with Crippen molar-refractivity contribution in [1.82, 2.24) is 5.32 Å². The second kappa shape index (κ2) is 5.11. The predicted molar refractivity (Wildman–Crippen MR) is 74.1 cm³/mol. The molecule has 7 heteroatoms. The molecule has 1 aromatic carbocycles. The van der Waals surface area contributed by atoms with Gasteiger partial charge in [0.25, 0.3) is 5.91 Å². The second-order valence-electron chi connectivity index (χ2n) is 5.18. The van der Waals surface area contributed by atoms with Crippen molar-refractivity contribution < 1.29 is 24.2 Å². The average molecular weight is 312 g/mol. The zero-order chi connectivity index (χ0) is 15.0. The van der Waals surface area contributed by atoms with Crippen LogP contribution in [-0.4, -0.2) is 35.7 Å². The Morgan fingerprint density at radius 3 is 2.57 bits per heavy atom. The minimum absolute atomic E-state index is 0.261. The maximum Gasteiger partial charge on any atom is 0.329 e. The molecule has 0 bridgehead atoms. The van der Waals surface area contributed by atoms with E-state index in [-0.39, 0.29) is 10.6 Å². The fourth-order valence-electron chi connectivity index (χ4n) is 2.45. The van der Waals surface area contributed by atoms with E-state index in [1.165, 1.54) is 12.1 Å². The van der Waals surface area contributed by atoms with Crippen molar-refractivity contribution in [2.24, 2.45) is 0 Å². The summed E-state index contributed by atoms with van der Waals surface area (Å²) in [6.07, 6.45) is 1.66. The Bertz CT molecular complexity index is 612. The molecule has 1 aliphatic carbocycles. The predicted octanol–water partition coefficient (Wildman–Crippen LogP) is 1.85. The fourth-order valence-corrected chi connectivity index (χ4v) is 2.72. The van der Waals surface area contributed by atoms with Crippen LogP contribution in [0.3, 0.4) is 0 Å². The van der Waals surface area contributed by atoms with Gasteiger partial charge in [0, 0.05) is 5.56 Å². The molecule has 1 aliphatic heterocycles. The number of nitrogens with one attached hydrogen (secondary N) is 1. The van der Waals surface area contributed by atoms with E-state index in [0.717, 1.165) is 6.42 Å². The SMILES string of the molecule is O=C(NC1(C(=O)O)CCC1)c1cc(Cl)c2c(c1)OCCO2. The smallest absolute Gasteiger partial charge is 0.329 e. The second-order valence-corrected chi connectivity index (χ2v) is 5.58. The van der Waals surface area contributed by atoms with Gasteiger partial charge in [-0.1, -0.05) is 11.6 Å². The summed E-state index contributed by atoms with van der Waals surface area (Å²) < 4.78 is 10.8. The van der Waals surface area contributed by atoms with Crippen LogP contribution >= 0.6 is 11.6 Å². The first-order valence-electron chi connectivity index (χ1n) is 6.67. The standard InChI is InChI=1S/C14H14ClNO5/c15-9-6-8(7-10-11(9)21-5-4-20-10)12(17)16-14(13(18)19)2-1-3-14/h6-7H,1-5H2,(H,16,17)(H,18,19). The van der Waals surface area contributed by atoms with Crippen molar-refractivity contribution in [2.75, 3.05) is 13.2 Å². The first kappa shape index (κ1) is 14.0. The molecule has 0 spiro atoms. The molecule has 0 aromatic heterocycles. The molecule has 1 heterocycles. The number of carboxylic acids is 1. The van der Waals surface area contributed by atoms with E-state index in [1.807, 2.05) is 0 Å². The summed E-state index contributed by atoms with van der Waals surface area (Å²) in [6, 6.07) is 2.97. The number of amides is 1. The van der Waals surface area contributed by atoms with Crippen molar-refractivity contribution in [3.63, 3.8) is 0 Å². The van der Waals surface area contributed by atoms with Crippen LogP contribution in [-0.2, 0) is 4.79 Å². The van der Waals surface area contributed by atoms with Crippen LogP contribution in [0.4, 0.5) is 0 Å². The maximum atomic E-state index is 12.3. The summed E-state index contributed by atoms with van der Waals surface area (Å²) in [5.41, 5.74) is -0.895. The highest BCUT2D eigenvalue weighted by atomic mass is 35.5. The third-order valence-corrected chi connectivity index (χ3v) is 4.11. The van der Waals surface area contributed by atoms with Crippen molar-refractivity contribution in [3.05, 3.63) is 22.7 Å². The number of ether oxygens (including phenoxy) is 2. The van der Waals surface area contributed by atoms with Gasteiger partial charge < -0.3 is 19.9 Å². The maximum absolute atomic E-state index is 12.3. The molecule has 0 radical (unpaired) electrons. The highest BCUT2D eigenvalue weighted by molar-refractivity contribution is 6.32. The molecule has 1 amide bonds. The van der Waals surface area contributed by atoms with Gasteiger partial charge in [-0.25, -0.2) is 4.79 Å². The number of benzene rings is 1. The molecule has 6 nitrogen and oxygen atoms in total. The van der Waals surface area contributed by atoms with Crippen LogP contribution in [0, 0.1) is 0 Å². The Kier molecular flexibility index (Phi) is 3.41. The molecule has 0 atom stereocenters. The third-order valence-electron chi connectivity index (χ3n) is 3.83. The molecule has 2 N–H and O–H groups in total. The lowest BCUT2D eigenvalue weighted by atomic mass is 9.76. The summed E-state index contributed by atoms with van der Waals surface area (Å²) in [7, 11) is 0. The number of hydrogen-bond donors (Lipinski definition) is 2. The third kappa shape index (κ3) is 2.40. The van der Waals surface area contributed by atoms with Gasteiger partial charge >= 0.3 is 5.97 Å². The number of hydrogen-bond acceptors (Lipinski definition) is 4. The normalized spacial score (nSPS) is 18.5. The van der Waals surface area contributed by atoms with Crippen LogP contribution in [0.2, 0.25) is 5.02 Å². The van der Waals surface area contributed by atoms with Crippen molar-refractivity contribution in [3.8, 4) is 11.5 Å². The molecule has 1 fully saturated rings. The number of rotatable bonds is 3. The number of carboxylic acid groups (broad SMARTS) is 1. The largest absolute Gasteiger partial charge is 0.486 e. The molecule has 1 saturated carbocycles. The molecular formula is C14H14ClNO5. The average Bonchev–Trinajstić information content (AvgIpc) is 2.42. The van der Waals surface area contributed by atoms with Crippen LogP contribution in [0.1, 0.15) is 29.6 Å². The van der Waals surface area contributed by atoms with Gasteiger partial charge in [0.05, 0.1) is 5.02 Å². The summed E-state index contributed by atoms with van der Waals surface area (Å²) in [6.45, 7) is 0.786. The number of carbonyl (C=O) groups excluding carboxylic acids is 1. The van der Waals surface area contributed by atoms with E-state index in [0.29, 0.717) is 37.6 Å².